The minimum atomic E-state index is 0.731. The van der Waals surface area contributed by atoms with Gasteiger partial charge >= 0.3 is 0 Å². The van der Waals surface area contributed by atoms with Crippen LogP contribution in [0.4, 0.5) is 0 Å². The van der Waals surface area contributed by atoms with Crippen molar-refractivity contribution >= 4 is 10.8 Å². The Morgan fingerprint density at radius 3 is 2.44 bits per heavy atom. The van der Waals surface area contributed by atoms with Crippen LogP contribution in [0.15, 0.2) is 60.8 Å². The van der Waals surface area contributed by atoms with Gasteiger partial charge in [0, 0.05) is 23.5 Å². The molecular weight excluding hydrogens is 220 g/mol. The second kappa shape index (κ2) is 4.38. The van der Waals surface area contributed by atoms with Gasteiger partial charge in [0.2, 0.25) is 0 Å². The van der Waals surface area contributed by atoms with E-state index in [1.54, 1.807) is 0 Å². The first-order valence-electron chi connectivity index (χ1n) is 5.90. The third-order valence-electron chi connectivity index (χ3n) is 3.10. The molecule has 0 saturated carbocycles. The molecule has 0 unspecified atom stereocenters. The Labute approximate surface area is 106 Å². The molecule has 86 valence electrons. The smallest absolute Gasteiger partial charge is 0.128 e. The molecule has 2 aromatic carbocycles. The molecule has 18 heavy (non-hydrogen) atoms. The maximum Gasteiger partial charge on any atom is 0.128 e. The molecule has 0 aliphatic rings. The fourth-order valence-corrected chi connectivity index (χ4v) is 2.24. The van der Waals surface area contributed by atoms with Gasteiger partial charge in [0.1, 0.15) is 11.8 Å². The van der Waals surface area contributed by atoms with Gasteiger partial charge in [-0.15, -0.1) is 0 Å². The minimum Gasteiger partial charge on any atom is -0.334 e. The van der Waals surface area contributed by atoms with Crippen molar-refractivity contribution in [3.63, 3.8) is 0 Å². The van der Waals surface area contributed by atoms with E-state index in [0.29, 0.717) is 0 Å². The molecule has 0 atom stereocenters. The van der Waals surface area contributed by atoms with E-state index in [4.69, 9.17) is 0 Å². The number of nitriles is 1. The number of hydrogen-bond acceptors (Lipinski definition) is 1. The Hall–Kier alpha value is -2.53. The summed E-state index contributed by atoms with van der Waals surface area (Å²) in [5.74, 6) is 0. The van der Waals surface area contributed by atoms with Crippen LogP contribution in [0.5, 0.6) is 0 Å². The van der Waals surface area contributed by atoms with Crippen LogP contribution < -0.4 is 0 Å². The van der Waals surface area contributed by atoms with Crippen LogP contribution >= 0.6 is 0 Å². The van der Waals surface area contributed by atoms with E-state index in [-0.39, 0.29) is 0 Å². The lowest BCUT2D eigenvalue weighted by atomic mass is 10.2. The summed E-state index contributed by atoms with van der Waals surface area (Å²) in [5.41, 5.74) is 1.93. The van der Waals surface area contributed by atoms with Gasteiger partial charge in [0.05, 0.1) is 0 Å². The van der Waals surface area contributed by atoms with Crippen molar-refractivity contribution in [3.05, 3.63) is 72.1 Å². The van der Waals surface area contributed by atoms with Crippen molar-refractivity contribution in [2.45, 2.75) is 6.54 Å². The molecule has 0 bridgehead atoms. The molecule has 0 N–H and O–H groups in total. The summed E-state index contributed by atoms with van der Waals surface area (Å²) >= 11 is 0. The predicted molar refractivity (Wildman–Crippen MR) is 72.2 cm³/mol. The average Bonchev–Trinajstić information content (AvgIpc) is 2.77. The molecule has 0 aliphatic heterocycles. The van der Waals surface area contributed by atoms with Gasteiger partial charge in [-0.1, -0.05) is 54.6 Å². The van der Waals surface area contributed by atoms with Crippen molar-refractivity contribution in [3.8, 4) is 6.07 Å². The van der Waals surface area contributed by atoms with Gasteiger partial charge < -0.3 is 4.57 Å². The molecule has 0 spiro atoms. The van der Waals surface area contributed by atoms with E-state index < -0.39 is 0 Å². The highest BCUT2D eigenvalue weighted by molar-refractivity contribution is 5.87. The van der Waals surface area contributed by atoms with E-state index in [2.05, 4.69) is 18.2 Å². The van der Waals surface area contributed by atoms with Crippen molar-refractivity contribution in [2.75, 3.05) is 0 Å². The van der Waals surface area contributed by atoms with Crippen molar-refractivity contribution in [1.29, 1.82) is 5.26 Å². The van der Waals surface area contributed by atoms with Gasteiger partial charge in [-0.3, -0.25) is 0 Å². The maximum absolute atomic E-state index is 9.31. The van der Waals surface area contributed by atoms with E-state index >= 15 is 0 Å². The summed E-state index contributed by atoms with van der Waals surface area (Å²) in [7, 11) is 0. The quantitative estimate of drug-likeness (QED) is 0.664. The van der Waals surface area contributed by atoms with Crippen LogP contribution in [0.3, 0.4) is 0 Å². The zero-order chi connectivity index (χ0) is 12.4. The van der Waals surface area contributed by atoms with Gasteiger partial charge in [0.15, 0.2) is 0 Å². The number of nitrogens with zero attached hydrogens (tertiary/aromatic N) is 2. The Morgan fingerprint density at radius 1 is 0.944 bits per heavy atom. The first-order valence-corrected chi connectivity index (χ1v) is 5.90. The fraction of sp³-hybridized carbons (Fsp3) is 0.0625. The lowest BCUT2D eigenvalue weighted by molar-refractivity contribution is 0.798. The van der Waals surface area contributed by atoms with Gasteiger partial charge in [-0.05, 0) is 5.56 Å². The number of aromatic nitrogens is 1. The Balaban J connectivity index is 2.10. The van der Waals surface area contributed by atoms with Crippen LogP contribution in [-0.4, -0.2) is 4.57 Å². The monoisotopic (exact) mass is 232 g/mol. The summed E-state index contributed by atoms with van der Waals surface area (Å²) in [6, 6.07) is 20.5. The van der Waals surface area contributed by atoms with E-state index in [0.717, 1.165) is 23.0 Å². The SMILES string of the molecule is N#Cc1c2ccccc2cn1Cc1ccccc1. The second-order valence-electron chi connectivity index (χ2n) is 4.29. The standard InChI is InChI=1S/C16H12N2/c17-10-16-15-9-5-4-8-14(15)12-18(16)11-13-6-2-1-3-7-13/h1-9,12H,11H2. The predicted octanol–water partition coefficient (Wildman–Crippen LogP) is 3.56. The van der Waals surface area contributed by atoms with Gasteiger partial charge in [-0.2, -0.15) is 5.26 Å². The molecule has 0 aliphatic carbocycles. The molecule has 2 heteroatoms. The highest BCUT2D eigenvalue weighted by atomic mass is 15.0. The van der Waals surface area contributed by atoms with Crippen LogP contribution in [0.25, 0.3) is 10.8 Å². The molecule has 3 rings (SSSR count). The lowest BCUT2D eigenvalue weighted by Crippen LogP contribution is -2.00. The van der Waals surface area contributed by atoms with E-state index in [1.807, 2.05) is 53.2 Å². The Kier molecular flexibility index (Phi) is 2.59. The van der Waals surface area contributed by atoms with Crippen molar-refractivity contribution < 1.29 is 0 Å². The summed E-state index contributed by atoms with van der Waals surface area (Å²) in [5, 5.41) is 11.5. The summed E-state index contributed by atoms with van der Waals surface area (Å²) in [6.45, 7) is 0.735. The summed E-state index contributed by atoms with van der Waals surface area (Å²) < 4.78 is 2.01. The van der Waals surface area contributed by atoms with Crippen molar-refractivity contribution in [1.82, 2.24) is 4.57 Å². The summed E-state index contributed by atoms with van der Waals surface area (Å²) in [6.07, 6.45) is 2.04. The topological polar surface area (TPSA) is 28.7 Å². The molecule has 3 aromatic rings. The molecule has 0 fully saturated rings. The minimum absolute atomic E-state index is 0.731. The Morgan fingerprint density at radius 2 is 1.67 bits per heavy atom. The zero-order valence-electron chi connectivity index (χ0n) is 9.88. The highest BCUT2D eigenvalue weighted by Gasteiger charge is 2.08. The summed E-state index contributed by atoms with van der Waals surface area (Å²) in [4.78, 5) is 0. The molecule has 2 nitrogen and oxygen atoms in total. The van der Waals surface area contributed by atoms with Crippen LogP contribution in [0, 0.1) is 11.3 Å². The lowest BCUT2D eigenvalue weighted by Gasteiger charge is -2.04. The first kappa shape index (κ1) is 10.6. The fourth-order valence-electron chi connectivity index (χ4n) is 2.24. The third-order valence-corrected chi connectivity index (χ3v) is 3.10. The van der Waals surface area contributed by atoms with Crippen LogP contribution in [-0.2, 0) is 6.54 Å². The Bertz CT molecular complexity index is 718. The zero-order valence-corrected chi connectivity index (χ0v) is 9.88. The van der Waals surface area contributed by atoms with Crippen molar-refractivity contribution in [2.24, 2.45) is 0 Å². The second-order valence-corrected chi connectivity index (χ2v) is 4.29. The maximum atomic E-state index is 9.31. The molecule has 0 radical (unpaired) electrons. The third kappa shape index (κ3) is 1.76. The van der Waals surface area contributed by atoms with Gasteiger partial charge in [-0.25, -0.2) is 0 Å². The van der Waals surface area contributed by atoms with Crippen LogP contribution in [0.2, 0.25) is 0 Å². The number of fused-ring (bicyclic) bond motifs is 1. The average molecular weight is 232 g/mol. The molecule has 0 saturated heterocycles. The van der Waals surface area contributed by atoms with E-state index in [9.17, 15) is 5.26 Å². The molecule has 1 heterocycles. The van der Waals surface area contributed by atoms with Gasteiger partial charge in [0.25, 0.3) is 0 Å². The van der Waals surface area contributed by atoms with Crippen LogP contribution in [0.1, 0.15) is 11.3 Å². The number of hydrogen-bond donors (Lipinski definition) is 0. The largest absolute Gasteiger partial charge is 0.334 e. The highest BCUT2D eigenvalue weighted by Crippen LogP contribution is 2.21. The number of rotatable bonds is 2. The first-order chi connectivity index (χ1) is 8.88. The number of benzene rings is 2. The van der Waals surface area contributed by atoms with E-state index in [1.165, 1.54) is 5.56 Å². The molecule has 0 amide bonds. The normalized spacial score (nSPS) is 10.4. The molecular formula is C16H12N2. The molecule has 1 aromatic heterocycles.